The third kappa shape index (κ3) is 1.44. The Labute approximate surface area is 96.1 Å². The monoisotopic (exact) mass is 215 g/mol. The minimum atomic E-state index is 0.101. The molecule has 2 nitrogen and oxygen atoms in total. The SMILES string of the molecule is O=C1CC2(CCCCc3ccccc32)CN1. The summed E-state index contributed by atoms with van der Waals surface area (Å²) in [5, 5.41) is 3.01. The van der Waals surface area contributed by atoms with Gasteiger partial charge in [-0.3, -0.25) is 4.79 Å². The maximum absolute atomic E-state index is 11.5. The first-order chi connectivity index (χ1) is 7.80. The van der Waals surface area contributed by atoms with Gasteiger partial charge < -0.3 is 5.32 Å². The van der Waals surface area contributed by atoms with Crippen LogP contribution in [0.3, 0.4) is 0 Å². The Balaban J connectivity index is 2.09. The molecule has 0 aromatic heterocycles. The van der Waals surface area contributed by atoms with Gasteiger partial charge in [-0.25, -0.2) is 0 Å². The first-order valence-electron chi connectivity index (χ1n) is 6.15. The van der Waals surface area contributed by atoms with Crippen LogP contribution in [0.5, 0.6) is 0 Å². The lowest BCUT2D eigenvalue weighted by atomic mass is 9.75. The average molecular weight is 215 g/mol. The lowest BCUT2D eigenvalue weighted by Crippen LogP contribution is -2.29. The summed E-state index contributed by atoms with van der Waals surface area (Å²) < 4.78 is 0. The summed E-state index contributed by atoms with van der Waals surface area (Å²) in [4.78, 5) is 11.5. The predicted octanol–water partition coefficient (Wildman–Crippen LogP) is 2.17. The van der Waals surface area contributed by atoms with Gasteiger partial charge in [-0.1, -0.05) is 30.7 Å². The van der Waals surface area contributed by atoms with E-state index in [0.29, 0.717) is 6.42 Å². The molecular formula is C14H17NO. The molecule has 1 aromatic carbocycles. The number of hydrogen-bond donors (Lipinski definition) is 1. The third-order valence-electron chi connectivity index (χ3n) is 4.06. The van der Waals surface area contributed by atoms with Gasteiger partial charge in [0.25, 0.3) is 0 Å². The first-order valence-corrected chi connectivity index (χ1v) is 6.15. The molecule has 16 heavy (non-hydrogen) atoms. The van der Waals surface area contributed by atoms with E-state index in [1.165, 1.54) is 30.4 Å². The lowest BCUT2D eigenvalue weighted by Gasteiger charge is -2.27. The standard InChI is InChI=1S/C14H17NO/c16-13-9-14(10-15-13)8-4-3-6-11-5-1-2-7-12(11)14/h1-2,5,7H,3-4,6,8-10H2,(H,15,16). The maximum atomic E-state index is 11.5. The third-order valence-corrected chi connectivity index (χ3v) is 4.06. The zero-order valence-corrected chi connectivity index (χ0v) is 9.46. The number of benzene rings is 1. The molecule has 1 aromatic rings. The van der Waals surface area contributed by atoms with Gasteiger partial charge in [-0.15, -0.1) is 0 Å². The van der Waals surface area contributed by atoms with Crippen molar-refractivity contribution in [2.24, 2.45) is 0 Å². The van der Waals surface area contributed by atoms with Gasteiger partial charge in [0.1, 0.15) is 0 Å². The second-order valence-electron chi connectivity index (χ2n) is 5.10. The number of rotatable bonds is 0. The number of carbonyl (C=O) groups is 1. The highest BCUT2D eigenvalue weighted by Crippen LogP contribution is 2.40. The van der Waals surface area contributed by atoms with Crippen molar-refractivity contribution < 1.29 is 4.79 Å². The van der Waals surface area contributed by atoms with Crippen LogP contribution in [0.25, 0.3) is 0 Å². The fraction of sp³-hybridized carbons (Fsp3) is 0.500. The molecule has 1 aliphatic carbocycles. The van der Waals surface area contributed by atoms with Crippen molar-refractivity contribution >= 4 is 5.91 Å². The highest BCUT2D eigenvalue weighted by molar-refractivity contribution is 5.81. The van der Waals surface area contributed by atoms with E-state index in [9.17, 15) is 4.79 Å². The number of hydrogen-bond acceptors (Lipinski definition) is 1. The minimum Gasteiger partial charge on any atom is -0.355 e. The Bertz CT molecular complexity index is 426. The summed E-state index contributed by atoms with van der Waals surface area (Å²) in [6, 6.07) is 8.67. The van der Waals surface area contributed by atoms with Crippen molar-refractivity contribution in [1.82, 2.24) is 5.32 Å². The Morgan fingerprint density at radius 2 is 2.06 bits per heavy atom. The molecule has 0 radical (unpaired) electrons. The molecule has 84 valence electrons. The second-order valence-corrected chi connectivity index (χ2v) is 5.10. The molecule has 2 aliphatic rings. The maximum Gasteiger partial charge on any atom is 0.220 e. The smallest absolute Gasteiger partial charge is 0.220 e. The number of aryl methyl sites for hydroxylation is 1. The van der Waals surface area contributed by atoms with E-state index >= 15 is 0 Å². The quantitative estimate of drug-likeness (QED) is 0.706. The molecule has 1 saturated heterocycles. The summed E-state index contributed by atoms with van der Waals surface area (Å²) in [5.41, 5.74) is 2.98. The fourth-order valence-corrected chi connectivity index (χ4v) is 3.24. The highest BCUT2D eigenvalue weighted by Gasteiger charge is 2.41. The van der Waals surface area contributed by atoms with E-state index in [2.05, 4.69) is 29.6 Å². The normalized spacial score (nSPS) is 28.6. The lowest BCUT2D eigenvalue weighted by molar-refractivity contribution is -0.119. The molecule has 1 atom stereocenters. The Morgan fingerprint density at radius 3 is 2.88 bits per heavy atom. The Morgan fingerprint density at radius 1 is 1.19 bits per heavy atom. The van der Waals surface area contributed by atoms with Crippen molar-refractivity contribution in [3.8, 4) is 0 Å². The van der Waals surface area contributed by atoms with Crippen LogP contribution in [0, 0.1) is 0 Å². The topological polar surface area (TPSA) is 29.1 Å². The molecule has 1 aliphatic heterocycles. The van der Waals surface area contributed by atoms with Gasteiger partial charge in [0, 0.05) is 18.4 Å². The van der Waals surface area contributed by atoms with E-state index in [-0.39, 0.29) is 11.3 Å². The zero-order chi connectivity index (χ0) is 11.0. The van der Waals surface area contributed by atoms with Crippen LogP contribution in [0.15, 0.2) is 24.3 Å². The van der Waals surface area contributed by atoms with Gasteiger partial charge in [0.15, 0.2) is 0 Å². The second kappa shape index (κ2) is 3.62. The predicted molar refractivity (Wildman–Crippen MR) is 63.3 cm³/mol. The summed E-state index contributed by atoms with van der Waals surface area (Å²) in [5.74, 6) is 0.219. The number of carbonyl (C=O) groups excluding carboxylic acids is 1. The van der Waals surface area contributed by atoms with Crippen molar-refractivity contribution in [3.05, 3.63) is 35.4 Å². The van der Waals surface area contributed by atoms with Crippen LogP contribution >= 0.6 is 0 Å². The van der Waals surface area contributed by atoms with Gasteiger partial charge in [0.2, 0.25) is 5.91 Å². The molecule has 0 saturated carbocycles. The molecule has 1 N–H and O–H groups in total. The van der Waals surface area contributed by atoms with E-state index in [4.69, 9.17) is 0 Å². The molecule has 1 heterocycles. The van der Waals surface area contributed by atoms with Gasteiger partial charge in [0.05, 0.1) is 0 Å². The van der Waals surface area contributed by atoms with Crippen LogP contribution in [-0.4, -0.2) is 12.5 Å². The van der Waals surface area contributed by atoms with Gasteiger partial charge in [-0.05, 0) is 30.4 Å². The van der Waals surface area contributed by atoms with E-state index in [1.807, 2.05) is 0 Å². The molecule has 0 bridgehead atoms. The Hall–Kier alpha value is -1.31. The molecular weight excluding hydrogens is 198 g/mol. The summed E-state index contributed by atoms with van der Waals surface area (Å²) in [7, 11) is 0. The summed E-state index contributed by atoms with van der Waals surface area (Å²) >= 11 is 0. The molecule has 3 rings (SSSR count). The van der Waals surface area contributed by atoms with Crippen LogP contribution in [0.1, 0.15) is 36.8 Å². The highest BCUT2D eigenvalue weighted by atomic mass is 16.1. The summed E-state index contributed by atoms with van der Waals surface area (Å²) in [6.07, 6.45) is 5.51. The molecule has 1 spiro atoms. The minimum absolute atomic E-state index is 0.101. The Kier molecular flexibility index (Phi) is 2.23. The molecule has 1 amide bonds. The van der Waals surface area contributed by atoms with Crippen LogP contribution in [-0.2, 0) is 16.6 Å². The number of nitrogens with one attached hydrogen (secondary N) is 1. The van der Waals surface area contributed by atoms with Crippen molar-refractivity contribution in [1.29, 1.82) is 0 Å². The van der Waals surface area contributed by atoms with Crippen molar-refractivity contribution in [3.63, 3.8) is 0 Å². The fourth-order valence-electron chi connectivity index (χ4n) is 3.24. The number of amides is 1. The van der Waals surface area contributed by atoms with Crippen LogP contribution in [0.4, 0.5) is 0 Å². The summed E-state index contributed by atoms with van der Waals surface area (Å²) in [6.45, 7) is 0.836. The number of fused-ring (bicyclic) bond motifs is 2. The van der Waals surface area contributed by atoms with Crippen LogP contribution in [0.2, 0.25) is 0 Å². The molecule has 1 unspecified atom stereocenters. The first kappa shape index (κ1) is 9.88. The van der Waals surface area contributed by atoms with E-state index in [1.54, 1.807) is 0 Å². The van der Waals surface area contributed by atoms with Crippen LogP contribution < -0.4 is 5.32 Å². The van der Waals surface area contributed by atoms with Crippen molar-refractivity contribution in [2.45, 2.75) is 37.5 Å². The molecule has 2 heteroatoms. The average Bonchev–Trinajstić information content (AvgIpc) is 2.58. The van der Waals surface area contributed by atoms with E-state index < -0.39 is 0 Å². The van der Waals surface area contributed by atoms with E-state index in [0.717, 1.165) is 13.0 Å². The largest absolute Gasteiger partial charge is 0.355 e. The zero-order valence-electron chi connectivity index (χ0n) is 9.46. The van der Waals surface area contributed by atoms with Gasteiger partial charge in [-0.2, -0.15) is 0 Å². The molecule has 1 fully saturated rings. The van der Waals surface area contributed by atoms with Crippen molar-refractivity contribution in [2.75, 3.05) is 6.54 Å². The van der Waals surface area contributed by atoms with Gasteiger partial charge >= 0.3 is 0 Å².